The Labute approximate surface area is 190 Å². The molecule has 2 aromatic carbocycles. The lowest BCUT2D eigenvalue weighted by molar-refractivity contribution is -0.137. The molecule has 13 heteroatoms. The average molecular weight is 500 g/mol. The lowest BCUT2D eigenvalue weighted by Crippen LogP contribution is -2.22. The van der Waals surface area contributed by atoms with Gasteiger partial charge in [0.25, 0.3) is 0 Å². The summed E-state index contributed by atoms with van der Waals surface area (Å²) in [7, 11) is -4.27. The number of aromatic nitrogens is 1. The summed E-state index contributed by atoms with van der Waals surface area (Å²) < 4.78 is 78.6. The summed E-state index contributed by atoms with van der Waals surface area (Å²) in [5, 5.41) is -0.552. The Morgan fingerprint density at radius 2 is 1.70 bits per heavy atom. The van der Waals surface area contributed by atoms with Crippen molar-refractivity contribution in [2.45, 2.75) is 12.6 Å². The molecular formula is C20H13ClF3N3O5S. The van der Waals surface area contributed by atoms with E-state index in [9.17, 15) is 26.4 Å². The molecule has 0 fully saturated rings. The highest BCUT2D eigenvalue weighted by Gasteiger charge is 2.33. The number of anilines is 2. The SMILES string of the molecule is O=C1Cc2nccc(Oc3ccc(NS(=O)(=O)Nc4ccc(Cl)c(C(F)(F)F)c4)cc3)c2O1. The van der Waals surface area contributed by atoms with E-state index >= 15 is 0 Å². The number of rotatable bonds is 6. The van der Waals surface area contributed by atoms with Gasteiger partial charge in [0, 0.05) is 12.3 Å². The third kappa shape index (κ3) is 5.29. The summed E-state index contributed by atoms with van der Waals surface area (Å²) in [5.41, 5.74) is -0.922. The van der Waals surface area contributed by atoms with Gasteiger partial charge in [0.05, 0.1) is 34.1 Å². The van der Waals surface area contributed by atoms with Crippen LogP contribution in [0.2, 0.25) is 5.02 Å². The zero-order valence-corrected chi connectivity index (χ0v) is 17.9. The summed E-state index contributed by atoms with van der Waals surface area (Å²) in [6.45, 7) is 0. The number of pyridine rings is 1. The Hall–Kier alpha value is -3.51. The smallest absolute Gasteiger partial charge is 0.417 e. The van der Waals surface area contributed by atoms with Crippen molar-refractivity contribution in [1.82, 2.24) is 4.98 Å². The molecule has 4 rings (SSSR count). The molecule has 3 aromatic rings. The first-order chi connectivity index (χ1) is 15.5. The summed E-state index contributed by atoms with van der Waals surface area (Å²) >= 11 is 5.54. The van der Waals surface area contributed by atoms with Gasteiger partial charge in [-0.3, -0.25) is 19.2 Å². The van der Waals surface area contributed by atoms with Crippen molar-refractivity contribution >= 4 is 39.2 Å². The summed E-state index contributed by atoms with van der Waals surface area (Å²) in [4.78, 5) is 15.5. The number of fused-ring (bicyclic) bond motifs is 1. The molecule has 2 N–H and O–H groups in total. The molecule has 1 aromatic heterocycles. The predicted octanol–water partition coefficient (Wildman–Crippen LogP) is 4.78. The van der Waals surface area contributed by atoms with Crippen LogP contribution in [0, 0.1) is 0 Å². The van der Waals surface area contributed by atoms with Gasteiger partial charge >= 0.3 is 22.4 Å². The number of halogens is 4. The molecule has 0 aliphatic carbocycles. The van der Waals surface area contributed by atoms with Crippen molar-refractivity contribution in [3.05, 3.63) is 71.0 Å². The second-order valence-electron chi connectivity index (χ2n) is 6.76. The van der Waals surface area contributed by atoms with Crippen LogP contribution in [0.4, 0.5) is 24.5 Å². The van der Waals surface area contributed by atoms with Crippen LogP contribution in [0.25, 0.3) is 0 Å². The van der Waals surface area contributed by atoms with Crippen molar-refractivity contribution in [2.24, 2.45) is 0 Å². The van der Waals surface area contributed by atoms with Crippen molar-refractivity contribution in [2.75, 3.05) is 9.44 Å². The standard InChI is InChI=1S/C20H13ClF3N3O5S/c21-15-6-3-12(9-14(15)20(22,23)24)27-33(29,30)26-11-1-4-13(5-2-11)31-17-7-8-25-16-10-18(28)32-19(16)17/h1-9,26-27H,10H2. The number of nitrogens with zero attached hydrogens (tertiary/aromatic N) is 1. The molecule has 0 amide bonds. The van der Waals surface area contributed by atoms with Gasteiger partial charge in [-0.1, -0.05) is 11.6 Å². The minimum absolute atomic E-state index is 0.0400. The molecular weight excluding hydrogens is 487 g/mol. The van der Waals surface area contributed by atoms with E-state index in [1.54, 1.807) is 0 Å². The van der Waals surface area contributed by atoms with E-state index in [4.69, 9.17) is 21.1 Å². The number of esters is 1. The fourth-order valence-electron chi connectivity index (χ4n) is 2.93. The van der Waals surface area contributed by atoms with Crippen LogP contribution in [-0.4, -0.2) is 19.4 Å². The Morgan fingerprint density at radius 1 is 1.03 bits per heavy atom. The number of hydrogen-bond donors (Lipinski definition) is 2. The molecule has 0 saturated carbocycles. The monoisotopic (exact) mass is 499 g/mol. The van der Waals surface area contributed by atoms with Gasteiger partial charge < -0.3 is 9.47 Å². The van der Waals surface area contributed by atoms with Crippen LogP contribution in [0.5, 0.6) is 17.2 Å². The van der Waals surface area contributed by atoms with Crippen molar-refractivity contribution in [3.8, 4) is 17.2 Å². The zero-order chi connectivity index (χ0) is 23.8. The third-order valence-electron chi connectivity index (χ3n) is 4.33. The van der Waals surface area contributed by atoms with Gasteiger partial charge in [-0.05, 0) is 42.5 Å². The van der Waals surface area contributed by atoms with Crippen molar-refractivity contribution in [3.63, 3.8) is 0 Å². The third-order valence-corrected chi connectivity index (χ3v) is 5.67. The van der Waals surface area contributed by atoms with Crippen LogP contribution in [0.15, 0.2) is 54.7 Å². The molecule has 0 spiro atoms. The number of carbonyl (C=O) groups is 1. The average Bonchev–Trinajstić information content (AvgIpc) is 3.11. The molecule has 2 heterocycles. The van der Waals surface area contributed by atoms with Crippen molar-refractivity contribution < 1.29 is 35.9 Å². The first kappa shape index (κ1) is 22.7. The van der Waals surface area contributed by atoms with Gasteiger partial charge in [0.1, 0.15) is 5.75 Å². The predicted molar refractivity (Wildman–Crippen MR) is 113 cm³/mol. The van der Waals surface area contributed by atoms with E-state index in [2.05, 4.69) is 9.71 Å². The van der Waals surface area contributed by atoms with E-state index in [1.165, 1.54) is 36.5 Å². The molecule has 0 radical (unpaired) electrons. The molecule has 0 bridgehead atoms. The fourth-order valence-corrected chi connectivity index (χ4v) is 4.09. The Morgan fingerprint density at radius 3 is 2.39 bits per heavy atom. The number of hydrogen-bond acceptors (Lipinski definition) is 6. The second-order valence-corrected chi connectivity index (χ2v) is 8.58. The van der Waals surface area contributed by atoms with Crippen LogP contribution < -0.4 is 18.9 Å². The number of alkyl halides is 3. The van der Waals surface area contributed by atoms with Crippen LogP contribution in [0.1, 0.15) is 11.3 Å². The molecule has 33 heavy (non-hydrogen) atoms. The molecule has 0 saturated heterocycles. The van der Waals surface area contributed by atoms with E-state index in [-0.39, 0.29) is 29.3 Å². The minimum atomic E-state index is -4.74. The molecule has 1 aliphatic rings. The van der Waals surface area contributed by atoms with Gasteiger partial charge in [0.2, 0.25) is 0 Å². The first-order valence-electron chi connectivity index (χ1n) is 9.14. The van der Waals surface area contributed by atoms with Crippen LogP contribution >= 0.6 is 11.6 Å². The van der Waals surface area contributed by atoms with Gasteiger partial charge in [0.15, 0.2) is 11.5 Å². The lowest BCUT2D eigenvalue weighted by atomic mass is 10.2. The number of nitrogens with one attached hydrogen (secondary N) is 2. The Kier molecular flexibility index (Phi) is 5.80. The van der Waals surface area contributed by atoms with E-state index < -0.39 is 32.9 Å². The Bertz CT molecular complexity index is 1330. The van der Waals surface area contributed by atoms with Crippen LogP contribution in [-0.2, 0) is 27.6 Å². The maximum absolute atomic E-state index is 13.0. The van der Waals surface area contributed by atoms with E-state index in [0.717, 1.165) is 12.1 Å². The van der Waals surface area contributed by atoms with E-state index in [0.29, 0.717) is 17.5 Å². The highest BCUT2D eigenvalue weighted by molar-refractivity contribution is 7.94. The highest BCUT2D eigenvalue weighted by Crippen LogP contribution is 2.38. The van der Waals surface area contributed by atoms with Gasteiger partial charge in [-0.25, -0.2) is 0 Å². The topological polar surface area (TPSA) is 107 Å². The first-order valence-corrected chi connectivity index (χ1v) is 11.0. The van der Waals surface area contributed by atoms with Crippen LogP contribution in [0.3, 0.4) is 0 Å². The summed E-state index contributed by atoms with van der Waals surface area (Å²) in [6, 6.07) is 9.82. The lowest BCUT2D eigenvalue weighted by Gasteiger charge is -2.14. The fraction of sp³-hybridized carbons (Fsp3) is 0.100. The molecule has 172 valence electrons. The largest absolute Gasteiger partial charge is 0.453 e. The number of ether oxygens (including phenoxy) is 2. The number of benzene rings is 2. The van der Waals surface area contributed by atoms with Crippen molar-refractivity contribution in [1.29, 1.82) is 0 Å². The van der Waals surface area contributed by atoms with Gasteiger partial charge in [-0.15, -0.1) is 0 Å². The maximum atomic E-state index is 13.0. The summed E-state index contributed by atoms with van der Waals surface area (Å²) in [6.07, 6.45) is -3.24. The van der Waals surface area contributed by atoms with Gasteiger partial charge in [-0.2, -0.15) is 21.6 Å². The minimum Gasteiger partial charge on any atom is -0.453 e. The highest BCUT2D eigenvalue weighted by atomic mass is 35.5. The van der Waals surface area contributed by atoms with E-state index in [1.807, 2.05) is 4.72 Å². The zero-order valence-electron chi connectivity index (χ0n) is 16.3. The molecule has 1 aliphatic heterocycles. The number of carbonyl (C=O) groups excluding carboxylic acids is 1. The quantitative estimate of drug-likeness (QED) is 0.473. The second kappa shape index (κ2) is 8.45. The maximum Gasteiger partial charge on any atom is 0.417 e. The normalized spacial score (nSPS) is 13.3. The molecule has 0 unspecified atom stereocenters. The summed E-state index contributed by atoms with van der Waals surface area (Å²) in [5.74, 6) is 0.352. The molecule has 0 atom stereocenters. The molecule has 8 nitrogen and oxygen atoms in total. The Balaban J connectivity index is 1.45.